The van der Waals surface area contributed by atoms with Gasteiger partial charge in [-0.15, -0.1) is 0 Å². The molecule has 0 radical (unpaired) electrons. The number of hydrogen-bond acceptors (Lipinski definition) is 3. The van der Waals surface area contributed by atoms with Gasteiger partial charge in [-0.05, 0) is 49.2 Å². The van der Waals surface area contributed by atoms with Gasteiger partial charge in [0.25, 0.3) is 0 Å². The number of hydrogen-bond donors (Lipinski definition) is 2. The van der Waals surface area contributed by atoms with E-state index >= 15 is 0 Å². The molecule has 0 saturated heterocycles. The summed E-state index contributed by atoms with van der Waals surface area (Å²) in [6, 6.07) is 9.95. The van der Waals surface area contributed by atoms with Crippen LogP contribution in [0.2, 0.25) is 0 Å². The monoisotopic (exact) mass is 227 g/mol. The molecule has 3 nitrogen and oxygen atoms in total. The Morgan fingerprint density at radius 1 is 1.18 bits per heavy atom. The highest BCUT2D eigenvalue weighted by atomic mass is 14.9. The van der Waals surface area contributed by atoms with Crippen LogP contribution >= 0.6 is 0 Å². The van der Waals surface area contributed by atoms with Gasteiger partial charge in [0.1, 0.15) is 0 Å². The standard InChI is InChI=1S/C14H17N3/c1-10-7-13(15)14(8-11(10)2)17-9-12-5-3-4-6-16-12/h3-8,17H,9,15H2,1-2H3. The molecule has 0 aliphatic rings. The van der Waals surface area contributed by atoms with Crippen molar-refractivity contribution in [3.8, 4) is 0 Å². The molecule has 2 aromatic rings. The Balaban J connectivity index is 2.12. The molecule has 0 aliphatic heterocycles. The number of anilines is 2. The molecule has 1 heterocycles. The Morgan fingerprint density at radius 3 is 2.65 bits per heavy atom. The summed E-state index contributed by atoms with van der Waals surface area (Å²) in [6.07, 6.45) is 1.79. The second-order valence-corrected chi connectivity index (χ2v) is 4.20. The SMILES string of the molecule is Cc1cc(N)c(NCc2ccccn2)cc1C. The van der Waals surface area contributed by atoms with E-state index in [2.05, 4.69) is 30.2 Å². The molecule has 2 rings (SSSR count). The first-order valence-corrected chi connectivity index (χ1v) is 5.67. The van der Waals surface area contributed by atoms with Crippen LogP contribution in [0.25, 0.3) is 0 Å². The van der Waals surface area contributed by atoms with E-state index in [1.165, 1.54) is 11.1 Å². The van der Waals surface area contributed by atoms with Crippen LogP contribution in [0.3, 0.4) is 0 Å². The number of rotatable bonds is 3. The predicted molar refractivity (Wildman–Crippen MR) is 71.9 cm³/mol. The van der Waals surface area contributed by atoms with Gasteiger partial charge < -0.3 is 11.1 Å². The molecule has 1 aromatic carbocycles. The van der Waals surface area contributed by atoms with E-state index in [9.17, 15) is 0 Å². The van der Waals surface area contributed by atoms with E-state index in [0.29, 0.717) is 6.54 Å². The Labute approximate surface area is 102 Å². The van der Waals surface area contributed by atoms with E-state index in [0.717, 1.165) is 17.1 Å². The fourth-order valence-corrected chi connectivity index (χ4v) is 1.68. The lowest BCUT2D eigenvalue weighted by atomic mass is 10.1. The normalized spacial score (nSPS) is 10.2. The lowest BCUT2D eigenvalue weighted by molar-refractivity contribution is 1.05. The molecule has 0 atom stereocenters. The highest BCUT2D eigenvalue weighted by Crippen LogP contribution is 2.23. The zero-order valence-corrected chi connectivity index (χ0v) is 10.2. The van der Waals surface area contributed by atoms with Gasteiger partial charge >= 0.3 is 0 Å². The highest BCUT2D eigenvalue weighted by Gasteiger charge is 2.02. The van der Waals surface area contributed by atoms with Crippen LogP contribution < -0.4 is 11.1 Å². The smallest absolute Gasteiger partial charge is 0.0594 e. The molecule has 0 bridgehead atoms. The maximum Gasteiger partial charge on any atom is 0.0594 e. The van der Waals surface area contributed by atoms with Gasteiger partial charge in [-0.25, -0.2) is 0 Å². The maximum absolute atomic E-state index is 5.97. The van der Waals surface area contributed by atoms with Crippen LogP contribution in [0.5, 0.6) is 0 Å². The van der Waals surface area contributed by atoms with E-state index in [1.807, 2.05) is 24.3 Å². The van der Waals surface area contributed by atoms with Crippen molar-refractivity contribution in [2.24, 2.45) is 0 Å². The molecule has 3 N–H and O–H groups in total. The quantitative estimate of drug-likeness (QED) is 0.793. The van der Waals surface area contributed by atoms with Crippen molar-refractivity contribution in [2.45, 2.75) is 20.4 Å². The van der Waals surface area contributed by atoms with E-state index < -0.39 is 0 Å². The second-order valence-electron chi connectivity index (χ2n) is 4.20. The molecule has 88 valence electrons. The summed E-state index contributed by atoms with van der Waals surface area (Å²) >= 11 is 0. The molecule has 0 unspecified atom stereocenters. The van der Waals surface area contributed by atoms with Crippen LogP contribution in [-0.2, 0) is 6.54 Å². The van der Waals surface area contributed by atoms with Crippen LogP contribution in [-0.4, -0.2) is 4.98 Å². The van der Waals surface area contributed by atoms with Crippen LogP contribution in [0.15, 0.2) is 36.5 Å². The summed E-state index contributed by atoms with van der Waals surface area (Å²) in [4.78, 5) is 4.26. The minimum atomic E-state index is 0.688. The Morgan fingerprint density at radius 2 is 1.94 bits per heavy atom. The first-order chi connectivity index (χ1) is 8.16. The molecular weight excluding hydrogens is 210 g/mol. The molecule has 3 heteroatoms. The van der Waals surface area contributed by atoms with Crippen molar-refractivity contribution in [3.05, 3.63) is 53.3 Å². The first-order valence-electron chi connectivity index (χ1n) is 5.67. The number of nitrogen functional groups attached to an aromatic ring is 1. The summed E-state index contributed by atoms with van der Waals surface area (Å²) in [5.41, 5.74) is 11.2. The molecule has 17 heavy (non-hydrogen) atoms. The topological polar surface area (TPSA) is 50.9 Å². The van der Waals surface area contributed by atoms with Gasteiger partial charge in [0.2, 0.25) is 0 Å². The fraction of sp³-hybridized carbons (Fsp3) is 0.214. The number of benzene rings is 1. The molecule has 0 fully saturated rings. The van der Waals surface area contributed by atoms with Crippen molar-refractivity contribution in [1.29, 1.82) is 0 Å². The zero-order valence-electron chi connectivity index (χ0n) is 10.2. The zero-order chi connectivity index (χ0) is 12.3. The van der Waals surface area contributed by atoms with Crippen molar-refractivity contribution in [3.63, 3.8) is 0 Å². The summed E-state index contributed by atoms with van der Waals surface area (Å²) in [5.74, 6) is 0. The van der Waals surface area contributed by atoms with Crippen LogP contribution in [0.4, 0.5) is 11.4 Å². The van der Waals surface area contributed by atoms with Crippen molar-refractivity contribution < 1.29 is 0 Å². The summed E-state index contributed by atoms with van der Waals surface area (Å²) in [6.45, 7) is 4.84. The Hall–Kier alpha value is -2.03. The number of nitrogens with zero attached hydrogens (tertiary/aromatic N) is 1. The van der Waals surface area contributed by atoms with E-state index in [1.54, 1.807) is 6.20 Å². The minimum Gasteiger partial charge on any atom is -0.397 e. The van der Waals surface area contributed by atoms with E-state index in [-0.39, 0.29) is 0 Å². The fourth-order valence-electron chi connectivity index (χ4n) is 1.68. The first kappa shape index (κ1) is 11.5. The van der Waals surface area contributed by atoms with Crippen molar-refractivity contribution >= 4 is 11.4 Å². The average Bonchev–Trinajstić information content (AvgIpc) is 2.33. The summed E-state index contributed by atoms with van der Waals surface area (Å²) in [5, 5.41) is 3.31. The summed E-state index contributed by atoms with van der Waals surface area (Å²) in [7, 11) is 0. The lowest BCUT2D eigenvalue weighted by Crippen LogP contribution is -2.04. The highest BCUT2D eigenvalue weighted by molar-refractivity contribution is 5.68. The predicted octanol–water partition coefficient (Wildman–Crippen LogP) is 2.89. The maximum atomic E-state index is 5.97. The third-order valence-corrected chi connectivity index (χ3v) is 2.85. The Bertz CT molecular complexity index is 506. The number of nitrogens with one attached hydrogen (secondary N) is 1. The molecule has 1 aromatic heterocycles. The van der Waals surface area contributed by atoms with Gasteiger partial charge in [-0.2, -0.15) is 0 Å². The number of aryl methyl sites for hydroxylation is 2. The minimum absolute atomic E-state index is 0.688. The van der Waals surface area contributed by atoms with Crippen molar-refractivity contribution in [1.82, 2.24) is 4.98 Å². The number of aromatic nitrogens is 1. The van der Waals surface area contributed by atoms with Gasteiger partial charge in [0.15, 0.2) is 0 Å². The molecular formula is C14H17N3. The molecule has 0 saturated carbocycles. The second kappa shape index (κ2) is 4.87. The summed E-state index contributed by atoms with van der Waals surface area (Å²) < 4.78 is 0. The Kier molecular flexibility index (Phi) is 3.28. The lowest BCUT2D eigenvalue weighted by Gasteiger charge is -2.11. The third-order valence-electron chi connectivity index (χ3n) is 2.85. The van der Waals surface area contributed by atoms with Crippen molar-refractivity contribution in [2.75, 3.05) is 11.1 Å². The number of nitrogens with two attached hydrogens (primary N) is 1. The van der Waals surface area contributed by atoms with Gasteiger partial charge in [-0.1, -0.05) is 6.07 Å². The van der Waals surface area contributed by atoms with E-state index in [4.69, 9.17) is 5.73 Å². The van der Waals surface area contributed by atoms with Gasteiger partial charge in [0, 0.05) is 6.20 Å². The van der Waals surface area contributed by atoms with Crippen LogP contribution in [0, 0.1) is 13.8 Å². The largest absolute Gasteiger partial charge is 0.397 e. The average molecular weight is 227 g/mol. The third kappa shape index (κ3) is 2.75. The van der Waals surface area contributed by atoms with Crippen LogP contribution in [0.1, 0.15) is 16.8 Å². The molecule has 0 aliphatic carbocycles. The van der Waals surface area contributed by atoms with Gasteiger partial charge in [-0.3, -0.25) is 4.98 Å². The molecule has 0 amide bonds. The van der Waals surface area contributed by atoms with Gasteiger partial charge in [0.05, 0.1) is 23.6 Å². The molecule has 0 spiro atoms. The number of pyridine rings is 1.